The molecule has 130 valence electrons. The molecule has 0 aliphatic heterocycles. The molecule has 0 aliphatic rings. The second-order valence-corrected chi connectivity index (χ2v) is 11.2. The Bertz CT molecular complexity index is 988. The molecule has 0 spiro atoms. The highest BCUT2D eigenvalue weighted by atomic mass is 79.9. The lowest BCUT2D eigenvalue weighted by molar-refractivity contribution is 0.588. The van der Waals surface area contributed by atoms with E-state index in [0.717, 1.165) is 27.1 Å². The van der Waals surface area contributed by atoms with Crippen LogP contribution in [0.15, 0.2) is 34.4 Å². The molecule has 0 fully saturated rings. The topological polar surface area (TPSA) is 67.8 Å². The molecule has 0 bridgehead atoms. The second-order valence-electron chi connectivity index (χ2n) is 5.80. The first kappa shape index (κ1) is 18.5. The van der Waals surface area contributed by atoms with Crippen molar-refractivity contribution in [2.24, 2.45) is 0 Å². The van der Waals surface area contributed by atoms with E-state index < -0.39 is 7.14 Å². The number of thiazole rings is 1. The monoisotopic (exact) mass is 456 g/mol. The maximum atomic E-state index is 12.9. The largest absolute Gasteiger partial charge is 0.339 e. The third kappa shape index (κ3) is 4.11. The number of benzene rings is 1. The molecular formula is C16H15BrClN4OPS. The molecule has 0 saturated carbocycles. The molecule has 1 aromatic carbocycles. The molecule has 0 saturated heterocycles. The summed E-state index contributed by atoms with van der Waals surface area (Å²) < 4.78 is 13.5. The molecule has 0 radical (unpaired) electrons. The highest BCUT2D eigenvalue weighted by molar-refractivity contribution is 9.10. The first-order valence-electron chi connectivity index (χ1n) is 7.31. The van der Waals surface area contributed by atoms with Gasteiger partial charge in [0.25, 0.3) is 0 Å². The van der Waals surface area contributed by atoms with Gasteiger partial charge in [0.1, 0.15) is 13.0 Å². The highest BCUT2D eigenvalue weighted by Crippen LogP contribution is 2.40. The van der Waals surface area contributed by atoms with Gasteiger partial charge in [0, 0.05) is 21.9 Å². The van der Waals surface area contributed by atoms with Gasteiger partial charge < -0.3 is 9.88 Å². The molecule has 0 atom stereocenters. The van der Waals surface area contributed by atoms with Gasteiger partial charge in [0.15, 0.2) is 0 Å². The molecule has 2 heterocycles. The maximum Gasteiger partial charge on any atom is 0.224 e. The third-order valence-electron chi connectivity index (χ3n) is 3.56. The number of rotatable bonds is 4. The molecule has 2 aromatic heterocycles. The highest BCUT2D eigenvalue weighted by Gasteiger charge is 2.19. The molecule has 0 aliphatic carbocycles. The van der Waals surface area contributed by atoms with E-state index in [1.807, 2.05) is 30.6 Å². The number of nitrogens with zero attached hydrogens (tertiary/aromatic N) is 3. The number of nitrogens with one attached hydrogen (secondary N) is 1. The van der Waals surface area contributed by atoms with Crippen LogP contribution in [0.1, 0.15) is 4.88 Å². The average molecular weight is 458 g/mol. The Morgan fingerprint density at radius 2 is 2.04 bits per heavy atom. The number of halogens is 2. The van der Waals surface area contributed by atoms with Crippen molar-refractivity contribution in [3.8, 4) is 11.3 Å². The van der Waals surface area contributed by atoms with Crippen LogP contribution in [0.25, 0.3) is 11.3 Å². The molecule has 5 nitrogen and oxygen atoms in total. The zero-order chi connectivity index (χ0) is 18.2. The summed E-state index contributed by atoms with van der Waals surface area (Å²) in [5, 5.41) is 4.08. The summed E-state index contributed by atoms with van der Waals surface area (Å²) in [5.74, 6) is 0.521. The van der Waals surface area contributed by atoms with Gasteiger partial charge in [-0.3, -0.25) is 0 Å². The van der Waals surface area contributed by atoms with Crippen molar-refractivity contribution in [2.75, 3.05) is 18.6 Å². The summed E-state index contributed by atoms with van der Waals surface area (Å²) in [6.45, 7) is 5.51. The Morgan fingerprint density at radius 1 is 1.28 bits per heavy atom. The number of anilines is 2. The lowest BCUT2D eigenvalue weighted by Gasteiger charge is -2.17. The van der Waals surface area contributed by atoms with Crippen molar-refractivity contribution in [2.45, 2.75) is 6.92 Å². The van der Waals surface area contributed by atoms with E-state index in [0.29, 0.717) is 10.3 Å². The molecular weight excluding hydrogens is 443 g/mol. The quantitative estimate of drug-likeness (QED) is 0.424. The predicted molar refractivity (Wildman–Crippen MR) is 109 cm³/mol. The standard InChI is InChI=1S/C16H15BrClN4OPS/c1-9-14(20-8-25-9)10-4-5-12(13(6-10)24(2,3)23)21-15-11(17)7-19-16(18)22-15/h4-8H,1-3H3,(H,19,21,22). The maximum absolute atomic E-state index is 12.9. The van der Waals surface area contributed by atoms with Crippen molar-refractivity contribution in [1.29, 1.82) is 0 Å². The van der Waals surface area contributed by atoms with Gasteiger partial charge in [-0.25, -0.2) is 9.97 Å². The van der Waals surface area contributed by atoms with Gasteiger partial charge in [-0.05, 0) is 59.9 Å². The molecule has 1 N–H and O–H groups in total. The zero-order valence-corrected chi connectivity index (χ0v) is 17.8. The lowest BCUT2D eigenvalue weighted by atomic mass is 10.1. The summed E-state index contributed by atoms with van der Waals surface area (Å²) in [6, 6.07) is 5.79. The van der Waals surface area contributed by atoms with Crippen LogP contribution in [-0.2, 0) is 4.57 Å². The van der Waals surface area contributed by atoms with Gasteiger partial charge in [0.05, 0.1) is 21.4 Å². The minimum atomic E-state index is -2.54. The Kier molecular flexibility index (Phi) is 5.30. The zero-order valence-electron chi connectivity index (χ0n) is 13.7. The van der Waals surface area contributed by atoms with Gasteiger partial charge in [-0.2, -0.15) is 4.98 Å². The Hall–Kier alpha value is -1.27. The Labute approximate surface area is 163 Å². The summed E-state index contributed by atoms with van der Waals surface area (Å²) in [7, 11) is -2.54. The summed E-state index contributed by atoms with van der Waals surface area (Å²) in [4.78, 5) is 13.6. The van der Waals surface area contributed by atoms with Crippen LogP contribution >= 0.6 is 46.0 Å². The Morgan fingerprint density at radius 3 is 2.68 bits per heavy atom. The van der Waals surface area contributed by atoms with Crippen LogP contribution in [0.2, 0.25) is 5.28 Å². The molecule has 9 heteroatoms. The van der Waals surface area contributed by atoms with E-state index in [9.17, 15) is 4.57 Å². The van der Waals surface area contributed by atoms with Crippen LogP contribution in [0, 0.1) is 6.92 Å². The smallest absolute Gasteiger partial charge is 0.224 e. The van der Waals surface area contributed by atoms with Crippen LogP contribution in [0.5, 0.6) is 0 Å². The SMILES string of the molecule is Cc1scnc1-c1ccc(Nc2nc(Cl)ncc2Br)c(P(C)(C)=O)c1. The van der Waals surface area contributed by atoms with Crippen molar-refractivity contribution < 1.29 is 4.57 Å². The summed E-state index contributed by atoms with van der Waals surface area (Å²) in [6.07, 6.45) is 1.57. The van der Waals surface area contributed by atoms with E-state index >= 15 is 0 Å². The van der Waals surface area contributed by atoms with E-state index in [2.05, 4.69) is 36.2 Å². The summed E-state index contributed by atoms with van der Waals surface area (Å²) >= 11 is 10.9. The fraction of sp³-hybridized carbons (Fsp3) is 0.188. The lowest BCUT2D eigenvalue weighted by Crippen LogP contribution is -2.11. The normalized spacial score (nSPS) is 11.6. The van der Waals surface area contributed by atoms with Gasteiger partial charge in [-0.15, -0.1) is 11.3 Å². The predicted octanol–water partition coefficient (Wildman–Crippen LogP) is 5.32. The Balaban J connectivity index is 2.09. The van der Waals surface area contributed by atoms with Crippen molar-refractivity contribution >= 4 is 62.8 Å². The second kappa shape index (κ2) is 7.16. The average Bonchev–Trinajstić information content (AvgIpc) is 2.96. The van der Waals surface area contributed by atoms with Crippen LogP contribution < -0.4 is 10.6 Å². The van der Waals surface area contributed by atoms with Crippen LogP contribution in [-0.4, -0.2) is 28.3 Å². The minimum Gasteiger partial charge on any atom is -0.339 e. The number of hydrogen-bond donors (Lipinski definition) is 1. The molecule has 3 aromatic rings. The van der Waals surface area contributed by atoms with E-state index in [1.54, 1.807) is 30.9 Å². The molecule has 0 unspecified atom stereocenters. The number of aryl methyl sites for hydroxylation is 1. The number of aromatic nitrogens is 3. The van der Waals surface area contributed by atoms with Gasteiger partial charge in [-0.1, -0.05) is 6.07 Å². The first-order valence-corrected chi connectivity index (χ1v) is 12.0. The molecule has 3 rings (SSSR count). The summed E-state index contributed by atoms with van der Waals surface area (Å²) in [5.41, 5.74) is 4.40. The molecule has 25 heavy (non-hydrogen) atoms. The van der Waals surface area contributed by atoms with E-state index in [4.69, 9.17) is 11.6 Å². The van der Waals surface area contributed by atoms with Gasteiger partial charge >= 0.3 is 0 Å². The minimum absolute atomic E-state index is 0.137. The molecule has 0 amide bonds. The van der Waals surface area contributed by atoms with E-state index in [-0.39, 0.29) is 5.28 Å². The fourth-order valence-corrected chi connectivity index (χ4v) is 4.56. The number of hydrogen-bond acceptors (Lipinski definition) is 6. The van der Waals surface area contributed by atoms with Crippen molar-refractivity contribution in [1.82, 2.24) is 15.0 Å². The third-order valence-corrected chi connectivity index (χ3v) is 6.61. The van der Waals surface area contributed by atoms with Crippen LogP contribution in [0.3, 0.4) is 0 Å². The van der Waals surface area contributed by atoms with Crippen LogP contribution in [0.4, 0.5) is 11.5 Å². The van der Waals surface area contributed by atoms with Gasteiger partial charge in [0.2, 0.25) is 5.28 Å². The van der Waals surface area contributed by atoms with E-state index in [1.165, 1.54) is 0 Å². The fourth-order valence-electron chi connectivity index (χ4n) is 2.37. The van der Waals surface area contributed by atoms with Crippen molar-refractivity contribution in [3.05, 3.63) is 44.5 Å². The first-order chi connectivity index (χ1) is 11.8. The van der Waals surface area contributed by atoms with Crippen molar-refractivity contribution in [3.63, 3.8) is 0 Å².